The molecule has 0 aliphatic heterocycles. The molecule has 3 rings (SSSR count). The molecule has 0 spiro atoms. The standard InChI is InChI=1S/C14H10BrClN4/c1-9-14(19-18-12-5-3-2-4-11(12)15)20-8-10(16)6-7-13(20)17-9/h2-8H,1H3. The van der Waals surface area contributed by atoms with Crippen molar-refractivity contribution in [1.82, 2.24) is 9.38 Å². The van der Waals surface area contributed by atoms with Crippen LogP contribution in [-0.4, -0.2) is 9.38 Å². The summed E-state index contributed by atoms with van der Waals surface area (Å²) in [5.74, 6) is 0.679. The first-order valence-electron chi connectivity index (χ1n) is 5.95. The van der Waals surface area contributed by atoms with E-state index >= 15 is 0 Å². The maximum absolute atomic E-state index is 6.01. The zero-order valence-electron chi connectivity index (χ0n) is 10.6. The number of nitrogens with zero attached hydrogens (tertiary/aromatic N) is 4. The molecule has 2 heterocycles. The average molecular weight is 350 g/mol. The van der Waals surface area contributed by atoms with E-state index in [1.165, 1.54) is 0 Å². The highest BCUT2D eigenvalue weighted by atomic mass is 79.9. The van der Waals surface area contributed by atoms with E-state index in [0.29, 0.717) is 10.8 Å². The summed E-state index contributed by atoms with van der Waals surface area (Å²) in [4.78, 5) is 4.43. The normalized spacial score (nSPS) is 11.6. The van der Waals surface area contributed by atoms with Crippen molar-refractivity contribution in [3.05, 3.63) is 57.8 Å². The van der Waals surface area contributed by atoms with Gasteiger partial charge in [-0.1, -0.05) is 23.7 Å². The molecule has 0 aliphatic carbocycles. The van der Waals surface area contributed by atoms with E-state index in [-0.39, 0.29) is 0 Å². The highest BCUT2D eigenvalue weighted by Gasteiger charge is 2.08. The second kappa shape index (κ2) is 5.34. The zero-order chi connectivity index (χ0) is 14.1. The zero-order valence-corrected chi connectivity index (χ0v) is 12.9. The second-order valence-corrected chi connectivity index (χ2v) is 5.54. The molecular weight excluding hydrogens is 340 g/mol. The molecule has 6 heteroatoms. The van der Waals surface area contributed by atoms with E-state index in [1.54, 1.807) is 12.3 Å². The van der Waals surface area contributed by atoms with Crippen molar-refractivity contribution in [3.8, 4) is 0 Å². The Morgan fingerprint density at radius 3 is 2.75 bits per heavy atom. The van der Waals surface area contributed by atoms with E-state index in [9.17, 15) is 0 Å². The van der Waals surface area contributed by atoms with Crippen molar-refractivity contribution in [2.24, 2.45) is 10.2 Å². The van der Waals surface area contributed by atoms with Gasteiger partial charge in [-0.05, 0) is 47.1 Å². The van der Waals surface area contributed by atoms with Gasteiger partial charge in [-0.25, -0.2) is 4.98 Å². The van der Waals surface area contributed by atoms with Crippen LogP contribution in [0.15, 0.2) is 57.3 Å². The predicted octanol–water partition coefficient (Wildman–Crippen LogP) is 5.47. The molecule has 100 valence electrons. The summed E-state index contributed by atoms with van der Waals surface area (Å²) in [6, 6.07) is 11.3. The van der Waals surface area contributed by atoms with Crippen LogP contribution in [0.25, 0.3) is 5.65 Å². The van der Waals surface area contributed by atoms with Gasteiger partial charge in [0.25, 0.3) is 0 Å². The third kappa shape index (κ3) is 2.46. The van der Waals surface area contributed by atoms with Crippen molar-refractivity contribution in [2.75, 3.05) is 0 Å². The molecule has 0 bridgehead atoms. The van der Waals surface area contributed by atoms with E-state index in [1.807, 2.05) is 41.7 Å². The van der Waals surface area contributed by atoms with Crippen molar-refractivity contribution < 1.29 is 0 Å². The molecule has 0 saturated heterocycles. The summed E-state index contributed by atoms with van der Waals surface area (Å²) in [6.07, 6.45) is 1.78. The Hall–Kier alpha value is -1.72. The van der Waals surface area contributed by atoms with Gasteiger partial charge in [0, 0.05) is 10.7 Å². The fraction of sp³-hybridized carbons (Fsp3) is 0.0714. The summed E-state index contributed by atoms with van der Waals surface area (Å²) >= 11 is 9.46. The van der Waals surface area contributed by atoms with Crippen LogP contribution in [0.2, 0.25) is 5.02 Å². The van der Waals surface area contributed by atoms with Gasteiger partial charge >= 0.3 is 0 Å². The van der Waals surface area contributed by atoms with Crippen molar-refractivity contribution in [2.45, 2.75) is 6.92 Å². The molecule has 0 unspecified atom stereocenters. The lowest BCUT2D eigenvalue weighted by Gasteiger charge is -1.98. The van der Waals surface area contributed by atoms with Crippen LogP contribution < -0.4 is 0 Å². The Morgan fingerprint density at radius 1 is 1.15 bits per heavy atom. The molecule has 0 aliphatic rings. The third-order valence-corrected chi connectivity index (χ3v) is 3.72. The van der Waals surface area contributed by atoms with Gasteiger partial charge in [0.15, 0.2) is 5.82 Å². The fourth-order valence-electron chi connectivity index (χ4n) is 1.88. The smallest absolute Gasteiger partial charge is 0.182 e. The average Bonchev–Trinajstić information content (AvgIpc) is 2.73. The van der Waals surface area contributed by atoms with Crippen LogP contribution in [-0.2, 0) is 0 Å². The summed E-state index contributed by atoms with van der Waals surface area (Å²) in [5, 5.41) is 9.20. The quantitative estimate of drug-likeness (QED) is 0.565. The summed E-state index contributed by atoms with van der Waals surface area (Å²) in [6.45, 7) is 1.90. The third-order valence-electron chi connectivity index (χ3n) is 2.83. The first-order valence-corrected chi connectivity index (χ1v) is 7.13. The van der Waals surface area contributed by atoms with Crippen LogP contribution in [0.4, 0.5) is 11.5 Å². The Bertz CT molecular complexity index is 810. The molecule has 0 atom stereocenters. The molecule has 20 heavy (non-hydrogen) atoms. The number of hydrogen-bond donors (Lipinski definition) is 0. The molecule has 0 radical (unpaired) electrons. The van der Waals surface area contributed by atoms with E-state index in [0.717, 1.165) is 21.5 Å². The van der Waals surface area contributed by atoms with Crippen molar-refractivity contribution in [1.29, 1.82) is 0 Å². The molecule has 1 aromatic carbocycles. The number of imidazole rings is 1. The number of azo groups is 1. The number of halogens is 2. The monoisotopic (exact) mass is 348 g/mol. The highest BCUT2D eigenvalue weighted by Crippen LogP contribution is 2.28. The number of aromatic nitrogens is 2. The number of aryl methyl sites for hydroxylation is 1. The topological polar surface area (TPSA) is 42.0 Å². The van der Waals surface area contributed by atoms with E-state index < -0.39 is 0 Å². The Balaban J connectivity index is 2.09. The minimum Gasteiger partial charge on any atom is -0.281 e. The number of benzene rings is 1. The Morgan fingerprint density at radius 2 is 1.95 bits per heavy atom. The largest absolute Gasteiger partial charge is 0.281 e. The maximum Gasteiger partial charge on any atom is 0.182 e. The predicted molar refractivity (Wildman–Crippen MR) is 83.3 cm³/mol. The van der Waals surface area contributed by atoms with Gasteiger partial charge in [-0.2, -0.15) is 0 Å². The minimum absolute atomic E-state index is 0.632. The Labute approximate surface area is 129 Å². The van der Waals surface area contributed by atoms with Gasteiger partial charge in [-0.3, -0.25) is 4.40 Å². The molecule has 3 aromatic rings. The van der Waals surface area contributed by atoms with Crippen LogP contribution >= 0.6 is 27.5 Å². The SMILES string of the molecule is Cc1nc2ccc(Cl)cn2c1N=Nc1ccccc1Br. The molecular formula is C14H10BrClN4. The molecule has 0 fully saturated rings. The van der Waals surface area contributed by atoms with E-state index in [4.69, 9.17) is 11.6 Å². The summed E-state index contributed by atoms with van der Waals surface area (Å²) in [7, 11) is 0. The summed E-state index contributed by atoms with van der Waals surface area (Å²) in [5.41, 5.74) is 2.37. The first-order chi connectivity index (χ1) is 9.65. The number of rotatable bonds is 2. The lowest BCUT2D eigenvalue weighted by Crippen LogP contribution is -1.82. The number of pyridine rings is 1. The van der Waals surface area contributed by atoms with Gasteiger partial charge in [0.05, 0.1) is 16.4 Å². The first kappa shape index (κ1) is 13.3. The maximum atomic E-state index is 6.01. The molecule has 0 amide bonds. The van der Waals surface area contributed by atoms with Crippen molar-refractivity contribution >= 4 is 44.7 Å². The summed E-state index contributed by atoms with van der Waals surface area (Å²) < 4.78 is 2.73. The molecule has 0 saturated carbocycles. The van der Waals surface area contributed by atoms with Crippen LogP contribution in [0.5, 0.6) is 0 Å². The van der Waals surface area contributed by atoms with Crippen LogP contribution in [0.3, 0.4) is 0 Å². The number of hydrogen-bond acceptors (Lipinski definition) is 3. The van der Waals surface area contributed by atoms with Crippen LogP contribution in [0, 0.1) is 6.92 Å². The fourth-order valence-corrected chi connectivity index (χ4v) is 2.40. The lowest BCUT2D eigenvalue weighted by atomic mass is 10.3. The second-order valence-electron chi connectivity index (χ2n) is 4.25. The molecule has 4 nitrogen and oxygen atoms in total. The van der Waals surface area contributed by atoms with Gasteiger partial charge in [0.1, 0.15) is 5.65 Å². The van der Waals surface area contributed by atoms with Crippen LogP contribution in [0.1, 0.15) is 5.69 Å². The van der Waals surface area contributed by atoms with Crippen molar-refractivity contribution in [3.63, 3.8) is 0 Å². The Kier molecular flexibility index (Phi) is 3.54. The van der Waals surface area contributed by atoms with Gasteiger partial charge < -0.3 is 0 Å². The highest BCUT2D eigenvalue weighted by molar-refractivity contribution is 9.10. The van der Waals surface area contributed by atoms with Gasteiger partial charge in [0.2, 0.25) is 0 Å². The lowest BCUT2D eigenvalue weighted by molar-refractivity contribution is 1.09. The van der Waals surface area contributed by atoms with E-state index in [2.05, 4.69) is 31.1 Å². The molecule has 0 N–H and O–H groups in total. The number of fused-ring (bicyclic) bond motifs is 1. The van der Waals surface area contributed by atoms with Gasteiger partial charge in [-0.15, -0.1) is 10.2 Å². The minimum atomic E-state index is 0.632. The molecule has 2 aromatic heterocycles.